The van der Waals surface area contributed by atoms with Crippen LogP contribution >= 0.6 is 0 Å². The molecule has 1 heterocycles. The van der Waals surface area contributed by atoms with Crippen molar-refractivity contribution in [2.75, 3.05) is 11.9 Å². The average molecular weight is 248 g/mol. The molecule has 0 saturated heterocycles. The molecular formula is C12H16N4O2. The van der Waals surface area contributed by atoms with E-state index in [2.05, 4.69) is 10.4 Å². The molecule has 6 nitrogen and oxygen atoms in total. The normalized spacial score (nSPS) is 11.2. The molecule has 0 aliphatic rings. The predicted molar refractivity (Wildman–Crippen MR) is 66.6 cm³/mol. The Morgan fingerprint density at radius 3 is 3.00 bits per heavy atom. The van der Waals surface area contributed by atoms with Crippen molar-refractivity contribution >= 4 is 11.8 Å². The highest BCUT2D eigenvalue weighted by atomic mass is 16.5. The van der Waals surface area contributed by atoms with E-state index < -0.39 is 5.97 Å². The maximum atomic E-state index is 11.4. The molecule has 18 heavy (non-hydrogen) atoms. The van der Waals surface area contributed by atoms with E-state index in [1.807, 2.05) is 13.8 Å². The first-order chi connectivity index (χ1) is 8.60. The zero-order chi connectivity index (χ0) is 13.5. The van der Waals surface area contributed by atoms with Crippen molar-refractivity contribution in [1.29, 1.82) is 5.26 Å². The summed E-state index contributed by atoms with van der Waals surface area (Å²) in [7, 11) is 0. The standard InChI is InChI=1S/C12H16N4O2/c1-4-18-12(17)10(7-13)8-14-11-5-6-15-16(11)9(2)3/h5-6,8-9,14H,4H2,1-3H3/b10-8+. The van der Waals surface area contributed by atoms with Crippen molar-refractivity contribution in [3.05, 3.63) is 24.0 Å². The van der Waals surface area contributed by atoms with Crippen LogP contribution in [0.2, 0.25) is 0 Å². The van der Waals surface area contributed by atoms with Gasteiger partial charge in [0.05, 0.1) is 12.8 Å². The van der Waals surface area contributed by atoms with Crippen molar-refractivity contribution in [3.63, 3.8) is 0 Å². The van der Waals surface area contributed by atoms with Crippen LogP contribution in [0.15, 0.2) is 24.0 Å². The lowest BCUT2D eigenvalue weighted by Gasteiger charge is -2.10. The number of hydrogen-bond acceptors (Lipinski definition) is 5. The van der Waals surface area contributed by atoms with Gasteiger partial charge < -0.3 is 10.1 Å². The molecule has 0 atom stereocenters. The van der Waals surface area contributed by atoms with E-state index in [-0.39, 0.29) is 18.2 Å². The number of rotatable bonds is 5. The van der Waals surface area contributed by atoms with Crippen LogP contribution < -0.4 is 5.32 Å². The van der Waals surface area contributed by atoms with Gasteiger partial charge in [-0.25, -0.2) is 9.48 Å². The number of ether oxygens (including phenoxy) is 1. The third kappa shape index (κ3) is 3.35. The number of carbonyl (C=O) groups is 1. The fourth-order valence-corrected chi connectivity index (χ4v) is 1.33. The summed E-state index contributed by atoms with van der Waals surface area (Å²) in [4.78, 5) is 11.4. The Bertz CT molecular complexity index is 483. The highest BCUT2D eigenvalue weighted by Gasteiger charge is 2.10. The van der Waals surface area contributed by atoms with Gasteiger partial charge in [-0.15, -0.1) is 0 Å². The number of carbonyl (C=O) groups excluding carboxylic acids is 1. The first-order valence-corrected chi connectivity index (χ1v) is 5.67. The minimum Gasteiger partial charge on any atom is -0.462 e. The van der Waals surface area contributed by atoms with Gasteiger partial charge in [-0.1, -0.05) is 0 Å². The van der Waals surface area contributed by atoms with Crippen molar-refractivity contribution in [1.82, 2.24) is 9.78 Å². The summed E-state index contributed by atoms with van der Waals surface area (Å²) in [6.45, 7) is 5.90. The highest BCUT2D eigenvalue weighted by molar-refractivity contribution is 5.93. The van der Waals surface area contributed by atoms with E-state index in [1.54, 1.807) is 29.9 Å². The molecular weight excluding hydrogens is 232 g/mol. The van der Waals surface area contributed by atoms with E-state index in [0.29, 0.717) is 5.82 Å². The van der Waals surface area contributed by atoms with E-state index in [9.17, 15) is 4.79 Å². The van der Waals surface area contributed by atoms with E-state index in [4.69, 9.17) is 10.00 Å². The van der Waals surface area contributed by atoms with Crippen molar-refractivity contribution in [3.8, 4) is 6.07 Å². The molecule has 1 aromatic heterocycles. The van der Waals surface area contributed by atoms with Crippen molar-refractivity contribution in [2.45, 2.75) is 26.8 Å². The highest BCUT2D eigenvalue weighted by Crippen LogP contribution is 2.13. The molecule has 1 rings (SSSR count). The van der Waals surface area contributed by atoms with Crippen LogP contribution in [0.3, 0.4) is 0 Å². The lowest BCUT2D eigenvalue weighted by molar-refractivity contribution is -0.138. The predicted octanol–water partition coefficient (Wildman–Crippen LogP) is 1.85. The molecule has 0 amide bonds. The third-order valence-corrected chi connectivity index (χ3v) is 2.14. The number of aromatic nitrogens is 2. The average Bonchev–Trinajstić information content (AvgIpc) is 2.78. The van der Waals surface area contributed by atoms with Crippen LogP contribution in [-0.4, -0.2) is 22.4 Å². The second-order valence-corrected chi connectivity index (χ2v) is 3.79. The zero-order valence-electron chi connectivity index (χ0n) is 10.7. The Labute approximate surface area is 106 Å². The van der Waals surface area contributed by atoms with Gasteiger partial charge >= 0.3 is 5.97 Å². The molecule has 0 radical (unpaired) electrons. The maximum absolute atomic E-state index is 11.4. The molecule has 0 saturated carbocycles. The first-order valence-electron chi connectivity index (χ1n) is 5.67. The van der Waals surface area contributed by atoms with Gasteiger partial charge in [0.1, 0.15) is 11.9 Å². The largest absolute Gasteiger partial charge is 0.462 e. The van der Waals surface area contributed by atoms with E-state index >= 15 is 0 Å². The monoisotopic (exact) mass is 248 g/mol. The Kier molecular flexibility index (Phi) is 4.93. The Hall–Kier alpha value is -2.29. The number of nitrogens with one attached hydrogen (secondary N) is 1. The number of hydrogen-bond donors (Lipinski definition) is 1. The van der Waals surface area contributed by atoms with Gasteiger partial charge in [-0.3, -0.25) is 0 Å². The van der Waals surface area contributed by atoms with Crippen molar-refractivity contribution in [2.24, 2.45) is 0 Å². The summed E-state index contributed by atoms with van der Waals surface area (Å²) in [6, 6.07) is 3.74. The van der Waals surface area contributed by atoms with Gasteiger partial charge in [-0.05, 0) is 20.8 Å². The summed E-state index contributed by atoms with van der Waals surface area (Å²) in [6.07, 6.45) is 2.97. The lowest BCUT2D eigenvalue weighted by Crippen LogP contribution is -2.10. The Balaban J connectivity index is 2.81. The second-order valence-electron chi connectivity index (χ2n) is 3.79. The molecule has 0 fully saturated rings. The molecule has 96 valence electrons. The molecule has 0 unspecified atom stereocenters. The van der Waals surface area contributed by atoms with E-state index in [0.717, 1.165) is 0 Å². The lowest BCUT2D eigenvalue weighted by atomic mass is 10.3. The summed E-state index contributed by atoms with van der Waals surface area (Å²) < 4.78 is 6.50. The molecule has 0 spiro atoms. The summed E-state index contributed by atoms with van der Waals surface area (Å²) in [5.41, 5.74) is -0.0756. The Morgan fingerprint density at radius 2 is 2.44 bits per heavy atom. The summed E-state index contributed by atoms with van der Waals surface area (Å²) in [5.74, 6) is 0.0742. The topological polar surface area (TPSA) is 79.9 Å². The fourth-order valence-electron chi connectivity index (χ4n) is 1.33. The number of nitrogens with zero attached hydrogens (tertiary/aromatic N) is 3. The van der Waals surface area contributed by atoms with Gasteiger partial charge in [0.25, 0.3) is 0 Å². The van der Waals surface area contributed by atoms with Crippen LogP contribution in [0, 0.1) is 11.3 Å². The van der Waals surface area contributed by atoms with Crippen LogP contribution in [0.4, 0.5) is 5.82 Å². The molecule has 0 aliphatic carbocycles. The third-order valence-electron chi connectivity index (χ3n) is 2.14. The van der Waals surface area contributed by atoms with Crippen molar-refractivity contribution < 1.29 is 9.53 Å². The number of anilines is 1. The summed E-state index contributed by atoms with van der Waals surface area (Å²) >= 11 is 0. The first kappa shape index (κ1) is 13.8. The molecule has 0 bridgehead atoms. The van der Waals surface area contributed by atoms with E-state index in [1.165, 1.54) is 6.20 Å². The summed E-state index contributed by atoms with van der Waals surface area (Å²) in [5, 5.41) is 15.9. The number of nitriles is 1. The van der Waals surface area contributed by atoms with Gasteiger partial charge in [0.2, 0.25) is 0 Å². The van der Waals surface area contributed by atoms with Gasteiger partial charge in [0, 0.05) is 18.3 Å². The molecule has 1 N–H and O–H groups in total. The second kappa shape index (κ2) is 6.45. The Morgan fingerprint density at radius 1 is 1.72 bits per heavy atom. The van der Waals surface area contributed by atoms with Crippen LogP contribution in [0.25, 0.3) is 0 Å². The SMILES string of the molecule is CCOC(=O)/C(C#N)=C/Nc1ccnn1C(C)C. The van der Waals surface area contributed by atoms with Gasteiger partial charge in [0.15, 0.2) is 5.57 Å². The number of esters is 1. The maximum Gasteiger partial charge on any atom is 0.350 e. The smallest absolute Gasteiger partial charge is 0.350 e. The molecule has 1 aromatic rings. The van der Waals surface area contributed by atoms with Gasteiger partial charge in [-0.2, -0.15) is 10.4 Å². The fraction of sp³-hybridized carbons (Fsp3) is 0.417. The minimum atomic E-state index is -0.636. The van der Waals surface area contributed by atoms with Crippen LogP contribution in [-0.2, 0) is 9.53 Å². The quantitative estimate of drug-likeness (QED) is 0.488. The molecule has 6 heteroatoms. The minimum absolute atomic E-state index is 0.0756. The molecule has 0 aliphatic heterocycles. The zero-order valence-corrected chi connectivity index (χ0v) is 10.7. The van der Waals surface area contributed by atoms with Crippen LogP contribution in [0.5, 0.6) is 0 Å². The molecule has 0 aromatic carbocycles. The van der Waals surface area contributed by atoms with Crippen LogP contribution in [0.1, 0.15) is 26.8 Å².